The Morgan fingerprint density at radius 2 is 2.35 bits per heavy atom. The van der Waals surface area contributed by atoms with Crippen LogP contribution < -0.4 is 4.74 Å². The lowest BCUT2D eigenvalue weighted by Gasteiger charge is -2.15. The van der Waals surface area contributed by atoms with E-state index in [1.54, 1.807) is 24.3 Å². The van der Waals surface area contributed by atoms with Gasteiger partial charge in [0.1, 0.15) is 5.75 Å². The van der Waals surface area contributed by atoms with Crippen molar-refractivity contribution in [2.24, 2.45) is 5.92 Å². The molecular weight excluding hydrogens is 254 g/mol. The van der Waals surface area contributed by atoms with E-state index in [1.165, 1.54) is 25.9 Å². The lowest BCUT2D eigenvalue weighted by atomic mass is 10.1. The first-order valence-corrected chi connectivity index (χ1v) is 7.37. The summed E-state index contributed by atoms with van der Waals surface area (Å²) in [7, 11) is 0. The summed E-state index contributed by atoms with van der Waals surface area (Å²) in [6.45, 7) is 6.37. The maximum Gasteiger partial charge on any atom is 0.335 e. The van der Waals surface area contributed by atoms with Gasteiger partial charge in [0.05, 0.1) is 12.2 Å². The van der Waals surface area contributed by atoms with Crippen molar-refractivity contribution < 1.29 is 14.6 Å². The van der Waals surface area contributed by atoms with Crippen LogP contribution in [0.25, 0.3) is 0 Å². The van der Waals surface area contributed by atoms with Gasteiger partial charge in [-0.25, -0.2) is 4.79 Å². The van der Waals surface area contributed by atoms with Gasteiger partial charge in [0, 0.05) is 13.1 Å². The molecule has 1 aromatic rings. The fourth-order valence-corrected chi connectivity index (χ4v) is 2.65. The fraction of sp³-hybridized carbons (Fsp3) is 0.562. The summed E-state index contributed by atoms with van der Waals surface area (Å²) >= 11 is 0. The first-order valence-electron chi connectivity index (χ1n) is 7.37. The number of benzene rings is 1. The predicted octanol–water partition coefficient (Wildman–Crippen LogP) is 2.89. The van der Waals surface area contributed by atoms with Gasteiger partial charge in [0.25, 0.3) is 0 Å². The number of nitrogens with zero attached hydrogens (tertiary/aromatic N) is 1. The lowest BCUT2D eigenvalue weighted by Crippen LogP contribution is -2.23. The van der Waals surface area contributed by atoms with Crippen molar-refractivity contribution in [1.29, 1.82) is 0 Å². The van der Waals surface area contributed by atoms with Gasteiger partial charge in [-0.15, -0.1) is 0 Å². The number of rotatable bonds is 7. The van der Waals surface area contributed by atoms with Crippen LogP contribution in [0, 0.1) is 5.92 Å². The Morgan fingerprint density at radius 1 is 1.50 bits per heavy atom. The van der Waals surface area contributed by atoms with Crippen molar-refractivity contribution in [3.63, 3.8) is 0 Å². The van der Waals surface area contributed by atoms with E-state index in [1.807, 2.05) is 0 Å². The van der Waals surface area contributed by atoms with Gasteiger partial charge in [0.2, 0.25) is 0 Å². The van der Waals surface area contributed by atoms with E-state index in [9.17, 15) is 4.79 Å². The molecule has 1 saturated heterocycles. The summed E-state index contributed by atoms with van der Waals surface area (Å²) in [6.07, 6.45) is 3.57. The molecule has 20 heavy (non-hydrogen) atoms. The molecule has 1 aliphatic rings. The minimum absolute atomic E-state index is 0.271. The number of likely N-dealkylation sites (tertiary alicyclic amines) is 1. The molecule has 0 aromatic heterocycles. The molecule has 1 fully saturated rings. The van der Waals surface area contributed by atoms with Gasteiger partial charge in [-0.3, -0.25) is 0 Å². The van der Waals surface area contributed by atoms with Gasteiger partial charge in [-0.2, -0.15) is 0 Å². The summed E-state index contributed by atoms with van der Waals surface area (Å²) in [5.41, 5.74) is 0.271. The summed E-state index contributed by atoms with van der Waals surface area (Å²) in [5.74, 6) is 0.582. The topological polar surface area (TPSA) is 49.8 Å². The molecule has 0 radical (unpaired) electrons. The molecule has 1 aliphatic heterocycles. The van der Waals surface area contributed by atoms with Crippen molar-refractivity contribution in [2.45, 2.75) is 26.2 Å². The van der Waals surface area contributed by atoms with E-state index in [4.69, 9.17) is 9.84 Å². The van der Waals surface area contributed by atoms with Crippen LogP contribution in [-0.2, 0) is 0 Å². The average molecular weight is 277 g/mol. The van der Waals surface area contributed by atoms with Gasteiger partial charge >= 0.3 is 5.97 Å². The molecule has 4 heteroatoms. The van der Waals surface area contributed by atoms with Crippen molar-refractivity contribution in [3.8, 4) is 5.75 Å². The minimum atomic E-state index is -0.918. The summed E-state index contributed by atoms with van der Waals surface area (Å²) in [5, 5.41) is 8.91. The van der Waals surface area contributed by atoms with Gasteiger partial charge in [0.15, 0.2) is 0 Å². The maximum absolute atomic E-state index is 10.9. The minimum Gasteiger partial charge on any atom is -0.494 e. The second-order valence-electron chi connectivity index (χ2n) is 5.40. The third-order valence-corrected chi connectivity index (χ3v) is 3.92. The second kappa shape index (κ2) is 7.29. The van der Waals surface area contributed by atoms with Crippen LogP contribution in [0.15, 0.2) is 24.3 Å². The smallest absolute Gasteiger partial charge is 0.335 e. The van der Waals surface area contributed by atoms with Gasteiger partial charge in [-0.1, -0.05) is 19.4 Å². The number of ether oxygens (including phenoxy) is 1. The number of aromatic carboxylic acids is 1. The highest BCUT2D eigenvalue weighted by atomic mass is 16.5. The molecule has 1 N–H and O–H groups in total. The zero-order valence-corrected chi connectivity index (χ0v) is 12.0. The SMILES string of the molecule is CCC1CCN(CCCOc2cccc(C(=O)O)c2)C1. The van der Waals surface area contributed by atoms with Crippen LogP contribution in [0.5, 0.6) is 5.75 Å². The van der Waals surface area contributed by atoms with E-state index in [0.29, 0.717) is 12.4 Å². The molecule has 1 unspecified atom stereocenters. The molecule has 110 valence electrons. The molecule has 0 amide bonds. The zero-order chi connectivity index (χ0) is 14.4. The maximum atomic E-state index is 10.9. The largest absolute Gasteiger partial charge is 0.494 e. The average Bonchev–Trinajstić information content (AvgIpc) is 2.92. The lowest BCUT2D eigenvalue weighted by molar-refractivity contribution is 0.0696. The highest BCUT2D eigenvalue weighted by Gasteiger charge is 2.19. The molecule has 1 atom stereocenters. The first-order chi connectivity index (χ1) is 9.69. The third kappa shape index (κ3) is 4.23. The summed E-state index contributed by atoms with van der Waals surface area (Å²) in [4.78, 5) is 13.3. The van der Waals surface area contributed by atoms with Crippen LogP contribution in [0.2, 0.25) is 0 Å². The van der Waals surface area contributed by atoms with Crippen molar-refractivity contribution in [3.05, 3.63) is 29.8 Å². The Labute approximate surface area is 120 Å². The van der Waals surface area contributed by atoms with Crippen molar-refractivity contribution in [2.75, 3.05) is 26.2 Å². The van der Waals surface area contributed by atoms with Crippen LogP contribution in [0.3, 0.4) is 0 Å². The number of hydrogen-bond donors (Lipinski definition) is 1. The number of carboxylic acids is 1. The van der Waals surface area contributed by atoms with Gasteiger partial charge in [-0.05, 0) is 43.5 Å². The summed E-state index contributed by atoms with van der Waals surface area (Å²) < 4.78 is 5.62. The van der Waals surface area contributed by atoms with E-state index >= 15 is 0 Å². The molecule has 1 aromatic carbocycles. The van der Waals surface area contributed by atoms with Gasteiger partial charge < -0.3 is 14.7 Å². The van der Waals surface area contributed by atoms with E-state index in [2.05, 4.69) is 11.8 Å². The van der Waals surface area contributed by atoms with Crippen LogP contribution in [-0.4, -0.2) is 42.2 Å². The Morgan fingerprint density at radius 3 is 3.05 bits per heavy atom. The molecule has 0 spiro atoms. The van der Waals surface area contributed by atoms with Crippen LogP contribution in [0.1, 0.15) is 36.5 Å². The van der Waals surface area contributed by atoms with E-state index in [-0.39, 0.29) is 5.56 Å². The molecule has 0 bridgehead atoms. The van der Waals surface area contributed by atoms with Crippen molar-refractivity contribution >= 4 is 5.97 Å². The molecular formula is C16H23NO3. The number of carboxylic acid groups (broad SMARTS) is 1. The van der Waals surface area contributed by atoms with E-state index < -0.39 is 5.97 Å². The molecule has 0 aliphatic carbocycles. The Hall–Kier alpha value is -1.55. The molecule has 2 rings (SSSR count). The fourth-order valence-electron chi connectivity index (χ4n) is 2.65. The molecule has 1 heterocycles. The highest BCUT2D eigenvalue weighted by molar-refractivity contribution is 5.87. The van der Waals surface area contributed by atoms with E-state index in [0.717, 1.165) is 18.9 Å². The third-order valence-electron chi connectivity index (χ3n) is 3.92. The predicted molar refractivity (Wildman–Crippen MR) is 78.4 cm³/mol. The van der Waals surface area contributed by atoms with Crippen LogP contribution >= 0.6 is 0 Å². The first kappa shape index (κ1) is 14.9. The highest BCUT2D eigenvalue weighted by Crippen LogP contribution is 2.19. The molecule has 4 nitrogen and oxygen atoms in total. The number of hydrogen-bond acceptors (Lipinski definition) is 3. The second-order valence-corrected chi connectivity index (χ2v) is 5.40. The Balaban J connectivity index is 1.68. The quantitative estimate of drug-likeness (QED) is 0.779. The number of carbonyl (C=O) groups is 1. The van der Waals surface area contributed by atoms with Crippen LogP contribution in [0.4, 0.5) is 0 Å². The zero-order valence-electron chi connectivity index (χ0n) is 12.0. The normalized spacial score (nSPS) is 19.1. The van der Waals surface area contributed by atoms with Crippen molar-refractivity contribution in [1.82, 2.24) is 4.90 Å². The standard InChI is InChI=1S/C16H23NO3/c1-2-13-7-9-17(12-13)8-4-10-20-15-6-3-5-14(11-15)16(18)19/h3,5-6,11,13H,2,4,7-10,12H2,1H3,(H,18,19). The Bertz CT molecular complexity index is 447. The summed E-state index contributed by atoms with van der Waals surface area (Å²) in [6, 6.07) is 6.66. The monoisotopic (exact) mass is 277 g/mol. The Kier molecular flexibility index (Phi) is 5.41. The molecule has 0 saturated carbocycles.